The van der Waals surface area contributed by atoms with Crippen molar-refractivity contribution in [3.05, 3.63) is 87.9 Å². The molecule has 4 aliphatic rings. The molecule has 254 valence electrons. The third-order valence-corrected chi connectivity index (χ3v) is 10.5. The van der Waals surface area contributed by atoms with Crippen LogP contribution in [0.25, 0.3) is 0 Å². The molecule has 1 spiro atoms. The molecule has 2 saturated heterocycles. The lowest BCUT2D eigenvalue weighted by Gasteiger charge is -2.36. The number of esters is 1. The van der Waals surface area contributed by atoms with Crippen molar-refractivity contribution in [2.75, 3.05) is 31.1 Å². The molecule has 48 heavy (non-hydrogen) atoms. The van der Waals surface area contributed by atoms with Gasteiger partial charge in [0.05, 0.1) is 12.5 Å². The lowest BCUT2D eigenvalue weighted by molar-refractivity contribution is -0.159. The van der Waals surface area contributed by atoms with Gasteiger partial charge < -0.3 is 29.7 Å². The second kappa shape index (κ2) is 14.9. The number of aliphatic hydroxyl groups excluding tert-OH is 1. The molecule has 0 aliphatic carbocycles. The number of nitrogens with one attached hydrogen (secondary N) is 1. The lowest BCUT2D eigenvalue weighted by atomic mass is 9.74. The third-order valence-electron chi connectivity index (χ3n) is 9.55. The van der Waals surface area contributed by atoms with Crippen molar-refractivity contribution in [1.82, 2.24) is 10.2 Å². The van der Waals surface area contributed by atoms with Gasteiger partial charge in [0.15, 0.2) is 0 Å². The highest BCUT2D eigenvalue weighted by molar-refractivity contribution is 9.11. The number of amides is 3. The van der Waals surface area contributed by atoms with Crippen molar-refractivity contribution in [3.63, 3.8) is 0 Å². The van der Waals surface area contributed by atoms with Gasteiger partial charge in [0.1, 0.15) is 29.8 Å². The Morgan fingerprint density at radius 1 is 0.958 bits per heavy atom. The number of nitrogens with zero attached hydrogens (tertiary/aromatic N) is 2. The quantitative estimate of drug-likeness (QED) is 0.225. The predicted molar refractivity (Wildman–Crippen MR) is 183 cm³/mol. The number of likely N-dealkylation sites (tertiary alicyclic amines) is 1. The highest BCUT2D eigenvalue weighted by atomic mass is 79.9. The van der Waals surface area contributed by atoms with E-state index in [9.17, 15) is 24.3 Å². The summed E-state index contributed by atoms with van der Waals surface area (Å²) in [4.78, 5) is 59.6. The topological polar surface area (TPSA) is 125 Å². The molecule has 5 bridgehead atoms. The summed E-state index contributed by atoms with van der Waals surface area (Å²) in [5.41, 5.74) is -0.130. The van der Waals surface area contributed by atoms with Gasteiger partial charge in [-0.3, -0.25) is 19.2 Å². The molecule has 4 aliphatic heterocycles. The van der Waals surface area contributed by atoms with Crippen LogP contribution in [0, 0.1) is 11.8 Å². The molecule has 6 rings (SSSR count). The molecular weight excluding hydrogens is 702 g/mol. The number of anilines is 1. The molecule has 0 saturated carbocycles. The summed E-state index contributed by atoms with van der Waals surface area (Å²) in [6, 6.07) is 15.0. The molecule has 0 unspecified atom stereocenters. The molecule has 2 aromatic carbocycles. The summed E-state index contributed by atoms with van der Waals surface area (Å²) >= 11 is 9.80. The average Bonchev–Trinajstić information content (AvgIpc) is 3.68. The summed E-state index contributed by atoms with van der Waals surface area (Å²) in [5, 5.41) is 12.7. The zero-order valence-corrected chi connectivity index (χ0v) is 28.8. The molecule has 2 aromatic rings. The summed E-state index contributed by atoms with van der Waals surface area (Å²) in [7, 11) is 0. The van der Waals surface area contributed by atoms with Gasteiger partial charge in [-0.15, -0.1) is 0 Å². The summed E-state index contributed by atoms with van der Waals surface area (Å²) in [6.45, 7) is 0.601. The van der Waals surface area contributed by atoms with E-state index in [2.05, 4.69) is 21.2 Å². The van der Waals surface area contributed by atoms with Gasteiger partial charge in [0.25, 0.3) is 5.91 Å². The van der Waals surface area contributed by atoms with Gasteiger partial charge >= 0.3 is 5.97 Å². The number of aliphatic hydroxyl groups is 1. The van der Waals surface area contributed by atoms with Gasteiger partial charge in [-0.1, -0.05) is 82.9 Å². The average molecular weight is 741 g/mol. The zero-order chi connectivity index (χ0) is 33.8. The standard InChI is InChI=1S/C36H39BrClN3O7/c37-26-21-36-30-29(31(26)48-36)35(46)47-27(23-11-5-3-6-12-23)22-39-28(43)13-7-4-9-18-40(25-16-14-24(38)15-17-25)34(45)32(36)41(33(30)44)19-8-1-2-10-20-42/h3-6,9,11-12,14-17,21,27,29-32,42H,1-2,7-8,10,13,18-20,22H2,(H,39,43)/b9-4-/t27-,29-,30+,31-,32-,36+/m0/s1. The zero-order valence-electron chi connectivity index (χ0n) is 26.4. The van der Waals surface area contributed by atoms with E-state index < -0.39 is 41.7 Å². The number of fused-ring (bicyclic) bond motifs is 2. The Bertz CT molecular complexity index is 1590. The fourth-order valence-electron chi connectivity index (χ4n) is 7.27. The number of carbonyl (C=O) groups is 4. The van der Waals surface area contributed by atoms with Gasteiger partial charge in [0.2, 0.25) is 11.8 Å². The van der Waals surface area contributed by atoms with Gasteiger partial charge in [-0.05, 0) is 55.2 Å². The number of hydrogen-bond donors (Lipinski definition) is 2. The van der Waals surface area contributed by atoms with Crippen molar-refractivity contribution < 1.29 is 33.8 Å². The van der Waals surface area contributed by atoms with Crippen LogP contribution in [-0.4, -0.2) is 77.7 Å². The Hall–Kier alpha value is -3.51. The number of rotatable bonds is 8. The first-order chi connectivity index (χ1) is 23.2. The number of allylic oxidation sites excluding steroid dienone is 1. The Morgan fingerprint density at radius 2 is 1.71 bits per heavy atom. The fourth-order valence-corrected chi connectivity index (χ4v) is 8.13. The highest BCUT2D eigenvalue weighted by Gasteiger charge is 2.75. The number of carbonyl (C=O) groups excluding carboxylic acids is 4. The van der Waals surface area contributed by atoms with Gasteiger partial charge in [0, 0.05) is 41.3 Å². The lowest BCUT2D eigenvalue weighted by Crippen LogP contribution is -2.56. The monoisotopic (exact) mass is 739 g/mol. The van der Waals surface area contributed by atoms with Crippen molar-refractivity contribution >= 4 is 56.9 Å². The van der Waals surface area contributed by atoms with E-state index in [1.54, 1.807) is 40.1 Å². The summed E-state index contributed by atoms with van der Waals surface area (Å²) in [6.07, 6.45) is 7.30. The van der Waals surface area contributed by atoms with E-state index in [-0.39, 0.29) is 50.4 Å². The number of unbranched alkanes of at least 4 members (excludes halogenated alkanes) is 3. The van der Waals surface area contributed by atoms with Crippen LogP contribution in [0.4, 0.5) is 5.69 Å². The van der Waals surface area contributed by atoms with Crippen LogP contribution in [0.5, 0.6) is 0 Å². The van der Waals surface area contributed by atoms with E-state index in [1.165, 1.54) is 0 Å². The van der Waals surface area contributed by atoms with Crippen LogP contribution < -0.4 is 10.2 Å². The molecule has 2 N–H and O–H groups in total. The van der Waals surface area contributed by atoms with Gasteiger partial charge in [-0.25, -0.2) is 0 Å². The predicted octanol–water partition coefficient (Wildman–Crippen LogP) is 4.85. The molecule has 3 amide bonds. The van der Waals surface area contributed by atoms with Crippen LogP contribution in [0.1, 0.15) is 50.2 Å². The van der Waals surface area contributed by atoms with E-state index in [4.69, 9.17) is 21.1 Å². The number of halogens is 2. The maximum absolute atomic E-state index is 14.9. The smallest absolute Gasteiger partial charge is 0.313 e. The van der Waals surface area contributed by atoms with E-state index in [1.807, 2.05) is 42.5 Å². The fraction of sp³-hybridized carbons (Fsp3) is 0.444. The normalized spacial score (nSPS) is 29.8. The number of hydrogen-bond acceptors (Lipinski definition) is 7. The van der Waals surface area contributed by atoms with Crippen molar-refractivity contribution in [2.45, 2.75) is 62.4 Å². The second-order valence-electron chi connectivity index (χ2n) is 12.6. The van der Waals surface area contributed by atoms with Crippen LogP contribution in [0.15, 0.2) is 77.3 Å². The number of benzene rings is 2. The first kappa shape index (κ1) is 34.4. The first-order valence-corrected chi connectivity index (χ1v) is 17.6. The molecule has 2 fully saturated rings. The van der Waals surface area contributed by atoms with Crippen molar-refractivity contribution in [2.24, 2.45) is 11.8 Å². The SMILES string of the molecule is O=C1CC/C=C\CN(c2ccc(Cl)cc2)C(=O)[C@@H]2N(CCCCCCO)C(=O)[C@H]3[C@H](C(=O)O[C@H](c4ccccc4)CN1)[C@H]1O[C@@]23C=C1Br. The molecule has 12 heteroatoms. The van der Waals surface area contributed by atoms with Crippen LogP contribution in [0.2, 0.25) is 5.02 Å². The third kappa shape index (κ3) is 6.70. The maximum Gasteiger partial charge on any atom is 0.313 e. The summed E-state index contributed by atoms with van der Waals surface area (Å²) in [5.74, 6) is -3.55. The molecule has 10 nitrogen and oxygen atoms in total. The molecular formula is C36H39BrClN3O7. The minimum absolute atomic E-state index is 0.0583. The molecule has 4 heterocycles. The first-order valence-electron chi connectivity index (χ1n) is 16.5. The minimum atomic E-state index is -1.41. The Morgan fingerprint density at radius 3 is 2.46 bits per heavy atom. The van der Waals surface area contributed by atoms with Gasteiger partial charge in [-0.2, -0.15) is 0 Å². The number of cyclic esters (lactones) is 1. The van der Waals surface area contributed by atoms with E-state index >= 15 is 0 Å². The van der Waals surface area contributed by atoms with Crippen LogP contribution >= 0.6 is 27.5 Å². The van der Waals surface area contributed by atoms with Crippen LogP contribution in [-0.2, 0) is 28.7 Å². The van der Waals surface area contributed by atoms with E-state index in [0.29, 0.717) is 40.0 Å². The second-order valence-corrected chi connectivity index (χ2v) is 13.9. The molecule has 0 aromatic heterocycles. The largest absolute Gasteiger partial charge is 0.455 e. The highest BCUT2D eigenvalue weighted by Crippen LogP contribution is 2.59. The molecule has 0 radical (unpaired) electrons. The summed E-state index contributed by atoms with van der Waals surface area (Å²) < 4.78 is 13.3. The minimum Gasteiger partial charge on any atom is -0.455 e. The number of ether oxygens (including phenoxy) is 2. The van der Waals surface area contributed by atoms with Crippen LogP contribution in [0.3, 0.4) is 0 Å². The van der Waals surface area contributed by atoms with Crippen molar-refractivity contribution in [3.8, 4) is 0 Å². The Labute approximate surface area is 293 Å². The maximum atomic E-state index is 14.9. The Kier molecular flexibility index (Phi) is 10.7. The Balaban J connectivity index is 1.42. The van der Waals surface area contributed by atoms with Crippen molar-refractivity contribution in [1.29, 1.82) is 0 Å². The molecule has 6 atom stereocenters. The van der Waals surface area contributed by atoms with E-state index in [0.717, 1.165) is 12.8 Å².